The highest BCUT2D eigenvalue weighted by molar-refractivity contribution is 4.80. The van der Waals surface area contributed by atoms with E-state index in [1.54, 1.807) is 0 Å². The molecule has 1 unspecified atom stereocenters. The zero-order chi connectivity index (χ0) is 7.82. The first-order chi connectivity index (χ1) is 4.81. The van der Waals surface area contributed by atoms with Crippen LogP contribution < -0.4 is 5.32 Å². The van der Waals surface area contributed by atoms with Crippen LogP contribution in [-0.2, 0) is 0 Å². The van der Waals surface area contributed by atoms with Crippen LogP contribution in [0.15, 0.2) is 12.2 Å². The summed E-state index contributed by atoms with van der Waals surface area (Å²) < 4.78 is 0. The van der Waals surface area contributed by atoms with Crippen LogP contribution in [0.3, 0.4) is 0 Å². The van der Waals surface area contributed by atoms with Crippen molar-refractivity contribution in [1.82, 2.24) is 5.32 Å². The third-order valence-electron chi connectivity index (χ3n) is 1.38. The zero-order valence-electron chi connectivity index (χ0n) is 6.80. The Balaban J connectivity index is 3.12. The molecule has 0 fully saturated rings. The van der Waals surface area contributed by atoms with Crippen LogP contribution >= 0.6 is 0 Å². The van der Waals surface area contributed by atoms with E-state index in [1.807, 2.05) is 13.0 Å². The molecule has 0 heterocycles. The van der Waals surface area contributed by atoms with Crippen molar-refractivity contribution in [2.75, 3.05) is 13.2 Å². The van der Waals surface area contributed by atoms with Crippen molar-refractivity contribution < 1.29 is 5.11 Å². The molecule has 60 valence electrons. The van der Waals surface area contributed by atoms with E-state index in [1.165, 1.54) is 0 Å². The van der Waals surface area contributed by atoms with E-state index < -0.39 is 0 Å². The molecule has 0 aromatic carbocycles. The van der Waals surface area contributed by atoms with Crippen molar-refractivity contribution in [3.05, 3.63) is 12.2 Å². The summed E-state index contributed by atoms with van der Waals surface area (Å²) in [5.41, 5.74) is 0. The molecule has 0 saturated carbocycles. The molecule has 2 N–H and O–H groups in total. The first-order valence-electron chi connectivity index (χ1n) is 3.76. The summed E-state index contributed by atoms with van der Waals surface area (Å²) in [6.45, 7) is 5.24. The SMILES string of the molecule is C/C=C/CNC(C)CCO. The van der Waals surface area contributed by atoms with Gasteiger partial charge in [0.1, 0.15) is 0 Å². The largest absolute Gasteiger partial charge is 0.396 e. The van der Waals surface area contributed by atoms with Gasteiger partial charge in [-0.1, -0.05) is 12.2 Å². The third kappa shape index (κ3) is 5.79. The van der Waals surface area contributed by atoms with Gasteiger partial charge in [0.2, 0.25) is 0 Å². The van der Waals surface area contributed by atoms with Crippen molar-refractivity contribution in [2.45, 2.75) is 26.3 Å². The van der Waals surface area contributed by atoms with E-state index in [-0.39, 0.29) is 6.61 Å². The highest BCUT2D eigenvalue weighted by Crippen LogP contribution is 1.86. The van der Waals surface area contributed by atoms with Crippen molar-refractivity contribution in [1.29, 1.82) is 0 Å². The maximum absolute atomic E-state index is 8.54. The topological polar surface area (TPSA) is 32.3 Å². The van der Waals surface area contributed by atoms with Gasteiger partial charge in [0, 0.05) is 19.2 Å². The van der Waals surface area contributed by atoms with Gasteiger partial charge in [0.25, 0.3) is 0 Å². The Bertz CT molecular complexity index is 91.3. The molecule has 0 saturated heterocycles. The van der Waals surface area contributed by atoms with Crippen LogP contribution in [0.5, 0.6) is 0 Å². The zero-order valence-corrected chi connectivity index (χ0v) is 6.80. The highest BCUT2D eigenvalue weighted by atomic mass is 16.3. The summed E-state index contributed by atoms with van der Waals surface area (Å²) in [7, 11) is 0. The van der Waals surface area contributed by atoms with Crippen molar-refractivity contribution in [2.24, 2.45) is 0 Å². The molecule has 0 spiro atoms. The van der Waals surface area contributed by atoms with E-state index >= 15 is 0 Å². The Labute approximate surface area is 62.9 Å². The second-order valence-corrected chi connectivity index (χ2v) is 2.39. The fourth-order valence-corrected chi connectivity index (χ4v) is 0.683. The Kier molecular flexibility index (Phi) is 6.55. The molecule has 1 atom stereocenters. The summed E-state index contributed by atoms with van der Waals surface area (Å²) in [4.78, 5) is 0. The van der Waals surface area contributed by atoms with Gasteiger partial charge in [-0.2, -0.15) is 0 Å². The molecule has 0 bridgehead atoms. The van der Waals surface area contributed by atoms with E-state index in [0.717, 1.165) is 13.0 Å². The summed E-state index contributed by atoms with van der Waals surface area (Å²) in [6.07, 6.45) is 4.91. The Morgan fingerprint density at radius 1 is 1.60 bits per heavy atom. The minimum absolute atomic E-state index is 0.268. The standard InChI is InChI=1S/C8H17NO/c1-3-4-6-9-8(2)5-7-10/h3-4,8-10H,5-7H2,1-2H3/b4-3+. The minimum atomic E-state index is 0.268. The van der Waals surface area contributed by atoms with Crippen LogP contribution in [0.25, 0.3) is 0 Å². The molecule has 10 heavy (non-hydrogen) atoms. The molecule has 0 rings (SSSR count). The van der Waals surface area contributed by atoms with Crippen molar-refractivity contribution in [3.8, 4) is 0 Å². The highest BCUT2D eigenvalue weighted by Gasteiger charge is 1.95. The lowest BCUT2D eigenvalue weighted by molar-refractivity contribution is 0.270. The van der Waals surface area contributed by atoms with Gasteiger partial charge < -0.3 is 10.4 Å². The Morgan fingerprint density at radius 2 is 2.30 bits per heavy atom. The molecule has 0 radical (unpaired) electrons. The number of hydrogen-bond donors (Lipinski definition) is 2. The maximum Gasteiger partial charge on any atom is 0.0445 e. The van der Waals surface area contributed by atoms with Crippen LogP contribution in [0.4, 0.5) is 0 Å². The summed E-state index contributed by atoms with van der Waals surface area (Å²) >= 11 is 0. The second-order valence-electron chi connectivity index (χ2n) is 2.39. The van der Waals surface area contributed by atoms with Gasteiger partial charge in [-0.25, -0.2) is 0 Å². The lowest BCUT2D eigenvalue weighted by atomic mass is 10.2. The first kappa shape index (κ1) is 9.66. The number of hydrogen-bond acceptors (Lipinski definition) is 2. The molecule has 0 aliphatic rings. The molecular weight excluding hydrogens is 126 g/mol. The molecule has 0 aromatic rings. The molecule has 2 heteroatoms. The Morgan fingerprint density at radius 3 is 2.80 bits per heavy atom. The molecule has 2 nitrogen and oxygen atoms in total. The van der Waals surface area contributed by atoms with Gasteiger partial charge in [-0.05, 0) is 20.3 Å². The van der Waals surface area contributed by atoms with Gasteiger partial charge >= 0.3 is 0 Å². The minimum Gasteiger partial charge on any atom is -0.396 e. The molecule has 0 aliphatic carbocycles. The quantitative estimate of drug-likeness (QED) is 0.561. The third-order valence-corrected chi connectivity index (χ3v) is 1.38. The van der Waals surface area contributed by atoms with Crippen molar-refractivity contribution in [3.63, 3.8) is 0 Å². The predicted octanol–water partition coefficient (Wildman–Crippen LogP) is 0.923. The average Bonchev–Trinajstić information content (AvgIpc) is 1.89. The van der Waals surface area contributed by atoms with E-state index in [9.17, 15) is 0 Å². The van der Waals surface area contributed by atoms with Gasteiger partial charge in [0.05, 0.1) is 0 Å². The monoisotopic (exact) mass is 143 g/mol. The normalized spacial score (nSPS) is 14.3. The summed E-state index contributed by atoms with van der Waals surface area (Å²) in [5.74, 6) is 0. The van der Waals surface area contributed by atoms with Crippen LogP contribution in [-0.4, -0.2) is 24.3 Å². The van der Waals surface area contributed by atoms with Crippen molar-refractivity contribution >= 4 is 0 Å². The summed E-state index contributed by atoms with van der Waals surface area (Å²) in [5, 5.41) is 11.8. The van der Waals surface area contributed by atoms with E-state index in [2.05, 4.69) is 18.3 Å². The van der Waals surface area contributed by atoms with Crippen LogP contribution in [0.1, 0.15) is 20.3 Å². The number of allylic oxidation sites excluding steroid dienone is 1. The van der Waals surface area contributed by atoms with Crippen LogP contribution in [0, 0.1) is 0 Å². The molecule has 0 amide bonds. The maximum atomic E-state index is 8.54. The van der Waals surface area contributed by atoms with Gasteiger partial charge in [-0.15, -0.1) is 0 Å². The van der Waals surface area contributed by atoms with Crippen LogP contribution in [0.2, 0.25) is 0 Å². The van der Waals surface area contributed by atoms with Gasteiger partial charge in [-0.3, -0.25) is 0 Å². The fourth-order valence-electron chi connectivity index (χ4n) is 0.683. The first-order valence-corrected chi connectivity index (χ1v) is 3.76. The predicted molar refractivity (Wildman–Crippen MR) is 44.0 cm³/mol. The Hall–Kier alpha value is -0.340. The second kappa shape index (κ2) is 6.78. The molecular formula is C8H17NO. The number of nitrogens with one attached hydrogen (secondary N) is 1. The number of rotatable bonds is 5. The molecule has 0 aliphatic heterocycles. The lowest BCUT2D eigenvalue weighted by Gasteiger charge is -2.09. The molecule has 0 aromatic heterocycles. The lowest BCUT2D eigenvalue weighted by Crippen LogP contribution is -2.26. The number of aliphatic hydroxyl groups is 1. The van der Waals surface area contributed by atoms with E-state index in [4.69, 9.17) is 5.11 Å². The summed E-state index contributed by atoms with van der Waals surface area (Å²) in [6, 6.07) is 0.418. The number of aliphatic hydroxyl groups excluding tert-OH is 1. The average molecular weight is 143 g/mol. The van der Waals surface area contributed by atoms with Gasteiger partial charge in [0.15, 0.2) is 0 Å². The van der Waals surface area contributed by atoms with E-state index in [0.29, 0.717) is 6.04 Å². The fraction of sp³-hybridized carbons (Fsp3) is 0.750. The smallest absolute Gasteiger partial charge is 0.0445 e.